The Morgan fingerprint density at radius 3 is 2.50 bits per heavy atom. The van der Waals surface area contributed by atoms with E-state index in [9.17, 15) is 9.59 Å². The second-order valence-electron chi connectivity index (χ2n) is 10.1. The molecule has 2 amide bonds. The van der Waals surface area contributed by atoms with Gasteiger partial charge in [0, 0.05) is 36.1 Å². The van der Waals surface area contributed by atoms with Gasteiger partial charge in [0.2, 0.25) is 0 Å². The third kappa shape index (κ3) is 4.22. The molecule has 0 saturated carbocycles. The van der Waals surface area contributed by atoms with Crippen LogP contribution in [0.25, 0.3) is 10.9 Å². The molecule has 0 unspecified atom stereocenters. The summed E-state index contributed by atoms with van der Waals surface area (Å²) in [5.41, 5.74) is 2.51. The van der Waals surface area contributed by atoms with E-state index >= 15 is 0 Å². The van der Waals surface area contributed by atoms with E-state index < -0.39 is 5.60 Å². The molecule has 5 rings (SSSR count). The second-order valence-corrected chi connectivity index (χ2v) is 10.1. The summed E-state index contributed by atoms with van der Waals surface area (Å²) < 4.78 is 11.4. The van der Waals surface area contributed by atoms with E-state index in [-0.39, 0.29) is 36.8 Å². The number of likely N-dealkylation sites (tertiary alicyclic amines) is 2. The number of ether oxygens (including phenoxy) is 2. The molecule has 2 fully saturated rings. The average Bonchev–Trinajstić information content (AvgIpc) is 3.51. The van der Waals surface area contributed by atoms with Crippen LogP contribution in [0.1, 0.15) is 44.2 Å². The summed E-state index contributed by atoms with van der Waals surface area (Å²) in [6.07, 6.45) is 2.04. The Morgan fingerprint density at radius 2 is 1.74 bits per heavy atom. The lowest BCUT2D eigenvalue weighted by Gasteiger charge is -2.31. The van der Waals surface area contributed by atoms with Crippen molar-refractivity contribution in [1.82, 2.24) is 14.8 Å². The highest BCUT2D eigenvalue weighted by Gasteiger charge is 2.53. The molecule has 2 aliphatic rings. The maximum absolute atomic E-state index is 13.2. The number of carbonyl (C=O) groups is 2. The van der Waals surface area contributed by atoms with Gasteiger partial charge in [-0.05, 0) is 44.4 Å². The molecule has 2 aliphatic heterocycles. The van der Waals surface area contributed by atoms with Gasteiger partial charge in [-0.3, -0.25) is 0 Å². The smallest absolute Gasteiger partial charge is 0.410 e. The van der Waals surface area contributed by atoms with E-state index in [1.165, 1.54) is 0 Å². The van der Waals surface area contributed by atoms with Crippen molar-refractivity contribution in [3.8, 4) is 0 Å². The quantitative estimate of drug-likeness (QED) is 0.576. The van der Waals surface area contributed by atoms with Gasteiger partial charge in [0.15, 0.2) is 0 Å². The number of aromatic nitrogens is 1. The summed E-state index contributed by atoms with van der Waals surface area (Å²) in [5, 5.41) is 1.11. The van der Waals surface area contributed by atoms with Gasteiger partial charge in [-0.1, -0.05) is 48.5 Å². The first kappa shape index (κ1) is 22.3. The van der Waals surface area contributed by atoms with Gasteiger partial charge in [0.05, 0.1) is 12.1 Å². The fourth-order valence-corrected chi connectivity index (χ4v) is 5.31. The van der Waals surface area contributed by atoms with Crippen LogP contribution in [0.15, 0.2) is 60.8 Å². The molecule has 3 heterocycles. The number of carbonyl (C=O) groups excluding carboxylic acids is 2. The van der Waals surface area contributed by atoms with Crippen molar-refractivity contribution in [3.05, 3.63) is 71.9 Å². The van der Waals surface area contributed by atoms with Crippen LogP contribution in [0.3, 0.4) is 0 Å². The van der Waals surface area contributed by atoms with Crippen LogP contribution in [0, 0.1) is 0 Å². The van der Waals surface area contributed by atoms with Gasteiger partial charge >= 0.3 is 12.2 Å². The summed E-state index contributed by atoms with van der Waals surface area (Å²) in [6, 6.07) is 17.5. The Bertz CT molecular complexity index is 1180. The number of amides is 2. The molecule has 7 heteroatoms. The van der Waals surface area contributed by atoms with Gasteiger partial charge in [-0.25, -0.2) is 9.59 Å². The van der Waals surface area contributed by atoms with E-state index in [2.05, 4.69) is 11.1 Å². The highest BCUT2D eigenvalue weighted by Crippen LogP contribution is 2.43. The van der Waals surface area contributed by atoms with E-state index in [4.69, 9.17) is 9.47 Å². The Balaban J connectivity index is 1.43. The number of nitrogens with zero attached hydrogens (tertiary/aromatic N) is 2. The molecule has 2 aromatic carbocycles. The average molecular weight is 462 g/mol. The van der Waals surface area contributed by atoms with E-state index in [0.717, 1.165) is 22.0 Å². The first-order valence-corrected chi connectivity index (χ1v) is 11.8. The van der Waals surface area contributed by atoms with Crippen LogP contribution < -0.4 is 0 Å². The fraction of sp³-hybridized carbons (Fsp3) is 0.407. The molecular weight excluding hydrogens is 430 g/mol. The van der Waals surface area contributed by atoms with Gasteiger partial charge < -0.3 is 24.3 Å². The zero-order valence-electron chi connectivity index (χ0n) is 19.9. The molecule has 7 nitrogen and oxygen atoms in total. The van der Waals surface area contributed by atoms with Crippen molar-refractivity contribution in [3.63, 3.8) is 0 Å². The van der Waals surface area contributed by atoms with Gasteiger partial charge in [-0.2, -0.15) is 0 Å². The first-order chi connectivity index (χ1) is 16.3. The van der Waals surface area contributed by atoms with E-state index in [1.807, 2.05) is 85.3 Å². The predicted molar refractivity (Wildman–Crippen MR) is 130 cm³/mol. The molecule has 0 aliphatic carbocycles. The van der Waals surface area contributed by atoms with Gasteiger partial charge in [0.25, 0.3) is 0 Å². The van der Waals surface area contributed by atoms with E-state index in [0.29, 0.717) is 19.5 Å². The monoisotopic (exact) mass is 461 g/mol. The Morgan fingerprint density at radius 1 is 1.00 bits per heavy atom. The lowest BCUT2D eigenvalue weighted by atomic mass is 9.91. The fourth-order valence-electron chi connectivity index (χ4n) is 5.31. The first-order valence-electron chi connectivity index (χ1n) is 11.8. The van der Waals surface area contributed by atoms with Crippen LogP contribution in [0.5, 0.6) is 0 Å². The van der Waals surface area contributed by atoms with Crippen molar-refractivity contribution in [2.24, 2.45) is 0 Å². The van der Waals surface area contributed by atoms with Crippen molar-refractivity contribution in [1.29, 1.82) is 0 Å². The molecule has 178 valence electrons. The minimum atomic E-state index is -0.585. The summed E-state index contributed by atoms with van der Waals surface area (Å²) in [7, 11) is 0. The molecule has 2 saturated heterocycles. The summed E-state index contributed by atoms with van der Waals surface area (Å²) >= 11 is 0. The van der Waals surface area contributed by atoms with Crippen molar-refractivity contribution >= 4 is 23.1 Å². The topological polar surface area (TPSA) is 74.9 Å². The summed E-state index contributed by atoms with van der Waals surface area (Å²) in [6.45, 7) is 6.88. The van der Waals surface area contributed by atoms with E-state index in [1.54, 1.807) is 0 Å². The Hall–Kier alpha value is -3.48. The van der Waals surface area contributed by atoms with Crippen LogP contribution >= 0.6 is 0 Å². The molecule has 0 bridgehead atoms. The number of para-hydroxylation sites is 1. The molecule has 0 radical (unpaired) electrons. The minimum absolute atomic E-state index is 0.0413. The zero-order valence-corrected chi connectivity index (χ0v) is 19.9. The van der Waals surface area contributed by atoms with Crippen LogP contribution in [-0.4, -0.2) is 57.7 Å². The highest BCUT2D eigenvalue weighted by molar-refractivity contribution is 5.84. The third-order valence-electron chi connectivity index (χ3n) is 6.71. The van der Waals surface area contributed by atoms with Crippen molar-refractivity contribution in [2.75, 3.05) is 13.1 Å². The molecule has 1 aromatic heterocycles. The third-order valence-corrected chi connectivity index (χ3v) is 6.71. The number of H-pyrrole nitrogens is 1. The largest absolute Gasteiger partial charge is 0.445 e. The number of hydrogen-bond donors (Lipinski definition) is 1. The predicted octanol–water partition coefficient (Wildman–Crippen LogP) is 5.28. The number of fused-ring (bicyclic) bond motifs is 2. The number of hydrogen-bond acceptors (Lipinski definition) is 4. The maximum Gasteiger partial charge on any atom is 0.410 e. The minimum Gasteiger partial charge on any atom is -0.445 e. The highest BCUT2D eigenvalue weighted by atomic mass is 16.6. The molecule has 34 heavy (non-hydrogen) atoms. The molecule has 0 spiro atoms. The number of aromatic amines is 1. The van der Waals surface area contributed by atoms with Gasteiger partial charge in [0.1, 0.15) is 12.2 Å². The molecule has 3 atom stereocenters. The molecule has 1 N–H and O–H groups in total. The van der Waals surface area contributed by atoms with Gasteiger partial charge in [-0.15, -0.1) is 0 Å². The number of benzene rings is 2. The summed E-state index contributed by atoms with van der Waals surface area (Å²) in [4.78, 5) is 33.3. The normalized spacial score (nSPS) is 22.1. The Kier molecular flexibility index (Phi) is 5.71. The van der Waals surface area contributed by atoms with Crippen molar-refractivity contribution in [2.45, 2.75) is 57.4 Å². The lowest BCUT2D eigenvalue weighted by molar-refractivity contribution is 0.0209. The SMILES string of the molecule is CC(C)(C)OC(=O)N1CC[C@@H]2[C@H]1[C@@H](c1c[nH]c3ccccc13)CN2C(=O)OCc1ccccc1. The van der Waals surface area contributed by atoms with Crippen LogP contribution in [-0.2, 0) is 16.1 Å². The number of rotatable bonds is 3. The second kappa shape index (κ2) is 8.70. The van der Waals surface area contributed by atoms with Crippen LogP contribution in [0.4, 0.5) is 9.59 Å². The van der Waals surface area contributed by atoms with Crippen molar-refractivity contribution < 1.29 is 19.1 Å². The summed E-state index contributed by atoms with van der Waals surface area (Å²) in [5.74, 6) is -0.0413. The number of nitrogens with one attached hydrogen (secondary N) is 1. The standard InChI is InChI=1S/C27H31N3O4/c1-27(2,3)34-26(32)29-14-13-23-24(29)21(20-15-28-22-12-8-7-11-19(20)22)16-30(23)25(31)33-17-18-9-5-4-6-10-18/h4-12,15,21,23-24,28H,13-14,16-17H2,1-3H3/t21-,23-,24-/m1/s1. The Labute approximate surface area is 199 Å². The molecule has 3 aromatic rings. The maximum atomic E-state index is 13.2. The van der Waals surface area contributed by atoms with Crippen LogP contribution in [0.2, 0.25) is 0 Å². The zero-order chi connectivity index (χ0) is 23.9. The molecular formula is C27H31N3O4. The lowest BCUT2D eigenvalue weighted by Crippen LogP contribution is -2.44.